The van der Waals surface area contributed by atoms with Gasteiger partial charge in [-0.1, -0.05) is 12.8 Å². The largest absolute Gasteiger partial charge is 0.480 e. The lowest BCUT2D eigenvalue weighted by Gasteiger charge is -2.45. The van der Waals surface area contributed by atoms with Crippen molar-refractivity contribution in [3.8, 4) is 0 Å². The van der Waals surface area contributed by atoms with Crippen molar-refractivity contribution in [2.24, 2.45) is 0 Å². The zero-order valence-electron chi connectivity index (χ0n) is 18.3. The fourth-order valence-electron chi connectivity index (χ4n) is 4.76. The fraction of sp³-hybridized carbons (Fsp3) is 0.800. The summed E-state index contributed by atoms with van der Waals surface area (Å²) >= 11 is 0. The lowest BCUT2D eigenvalue weighted by molar-refractivity contribution is -0.143. The van der Waals surface area contributed by atoms with Crippen LogP contribution in [0, 0.1) is 0 Å². The van der Waals surface area contributed by atoms with Crippen LogP contribution in [0.1, 0.15) is 25.7 Å². The lowest BCUT2D eigenvalue weighted by atomic mass is 9.87. The van der Waals surface area contributed by atoms with Crippen LogP contribution in [0.2, 0.25) is 0 Å². The lowest BCUT2D eigenvalue weighted by Crippen LogP contribution is -2.58. The van der Waals surface area contributed by atoms with Crippen molar-refractivity contribution in [3.05, 3.63) is 0 Å². The highest BCUT2D eigenvalue weighted by molar-refractivity contribution is 5.70. The normalized spacial score (nSPS) is 25.2. The number of nitrogens with zero attached hydrogens (tertiary/aromatic N) is 4. The van der Waals surface area contributed by atoms with Gasteiger partial charge in [0, 0.05) is 51.4 Å². The highest BCUT2D eigenvalue weighted by atomic mass is 16.4. The summed E-state index contributed by atoms with van der Waals surface area (Å²) in [5, 5.41) is 37.5. The number of carboxylic acids is 4. The Labute approximate surface area is 187 Å². The second kappa shape index (κ2) is 12.7. The van der Waals surface area contributed by atoms with Gasteiger partial charge < -0.3 is 20.4 Å². The minimum atomic E-state index is -1.00. The molecule has 0 aromatic rings. The quantitative estimate of drug-likeness (QED) is 0.346. The van der Waals surface area contributed by atoms with E-state index in [2.05, 4.69) is 0 Å². The average Bonchev–Trinajstić information content (AvgIpc) is 2.69. The molecule has 0 unspecified atom stereocenters. The molecule has 1 aliphatic carbocycles. The average molecular weight is 459 g/mol. The number of hydrogen-bond donors (Lipinski definition) is 4. The van der Waals surface area contributed by atoms with Gasteiger partial charge in [-0.3, -0.25) is 38.8 Å². The number of aliphatic carboxylic acids is 4. The van der Waals surface area contributed by atoms with Gasteiger partial charge in [0.05, 0.1) is 26.2 Å². The Bertz CT molecular complexity index is 620. The molecular formula is C20H34N4O8. The molecule has 1 heterocycles. The van der Waals surface area contributed by atoms with Crippen LogP contribution in [-0.2, 0) is 19.2 Å². The maximum absolute atomic E-state index is 11.6. The van der Waals surface area contributed by atoms with E-state index in [1.807, 2.05) is 9.80 Å². The van der Waals surface area contributed by atoms with Gasteiger partial charge in [0.25, 0.3) is 0 Å². The van der Waals surface area contributed by atoms with E-state index in [0.717, 1.165) is 25.7 Å². The summed E-state index contributed by atoms with van der Waals surface area (Å²) in [5.74, 6) is -3.98. The van der Waals surface area contributed by atoms with Crippen LogP contribution >= 0.6 is 0 Å². The van der Waals surface area contributed by atoms with Gasteiger partial charge >= 0.3 is 23.9 Å². The maximum atomic E-state index is 11.6. The van der Waals surface area contributed by atoms with Crippen molar-refractivity contribution in [1.29, 1.82) is 0 Å². The number of hydrogen-bond acceptors (Lipinski definition) is 8. The summed E-state index contributed by atoms with van der Waals surface area (Å²) in [7, 11) is 0. The molecule has 4 N–H and O–H groups in total. The summed E-state index contributed by atoms with van der Waals surface area (Å²) in [5.41, 5.74) is 0. The smallest absolute Gasteiger partial charge is 0.317 e. The van der Waals surface area contributed by atoms with E-state index in [0.29, 0.717) is 39.3 Å². The molecule has 182 valence electrons. The Kier molecular flexibility index (Phi) is 10.3. The van der Waals surface area contributed by atoms with E-state index in [9.17, 15) is 39.6 Å². The van der Waals surface area contributed by atoms with Crippen LogP contribution < -0.4 is 0 Å². The van der Waals surface area contributed by atoms with Crippen molar-refractivity contribution in [2.45, 2.75) is 37.8 Å². The molecule has 1 saturated heterocycles. The molecule has 0 aromatic carbocycles. The summed E-state index contributed by atoms with van der Waals surface area (Å²) < 4.78 is 0. The molecule has 2 aliphatic rings. The zero-order chi connectivity index (χ0) is 23.7. The van der Waals surface area contributed by atoms with Crippen LogP contribution in [0.15, 0.2) is 0 Å². The number of fused-ring (bicyclic) bond motifs is 1. The molecule has 0 aromatic heterocycles. The third-order valence-electron chi connectivity index (χ3n) is 6.17. The van der Waals surface area contributed by atoms with Gasteiger partial charge in [-0.05, 0) is 12.8 Å². The second-order valence-corrected chi connectivity index (χ2v) is 8.49. The van der Waals surface area contributed by atoms with E-state index in [4.69, 9.17) is 0 Å². The molecule has 0 radical (unpaired) electrons. The molecule has 12 nitrogen and oxygen atoms in total. The highest BCUT2D eigenvalue weighted by Gasteiger charge is 2.36. The van der Waals surface area contributed by atoms with Crippen LogP contribution in [0.5, 0.6) is 0 Å². The first kappa shape index (κ1) is 26.0. The minimum absolute atomic E-state index is 0.168. The third kappa shape index (κ3) is 8.69. The molecule has 0 amide bonds. The van der Waals surface area contributed by atoms with Crippen molar-refractivity contribution >= 4 is 23.9 Å². The summed E-state index contributed by atoms with van der Waals surface area (Å²) in [4.78, 5) is 52.8. The molecule has 2 rings (SSSR count). The minimum Gasteiger partial charge on any atom is -0.480 e. The molecular weight excluding hydrogens is 424 g/mol. The van der Waals surface area contributed by atoms with Crippen LogP contribution in [0.4, 0.5) is 0 Å². The highest BCUT2D eigenvalue weighted by Crippen LogP contribution is 2.27. The van der Waals surface area contributed by atoms with Gasteiger partial charge in [-0.15, -0.1) is 0 Å². The molecule has 2 fully saturated rings. The van der Waals surface area contributed by atoms with Crippen LogP contribution in [-0.4, -0.2) is 141 Å². The first-order valence-corrected chi connectivity index (χ1v) is 11.0. The second-order valence-electron chi connectivity index (χ2n) is 8.49. The Morgan fingerprint density at radius 3 is 1.16 bits per heavy atom. The summed E-state index contributed by atoms with van der Waals surface area (Å²) in [6.45, 7) is 1.10. The van der Waals surface area contributed by atoms with Crippen LogP contribution in [0.3, 0.4) is 0 Å². The molecule has 2 atom stereocenters. The predicted octanol–water partition coefficient (Wildman–Crippen LogP) is -1.14. The van der Waals surface area contributed by atoms with Gasteiger partial charge in [-0.25, -0.2) is 0 Å². The molecule has 1 saturated carbocycles. The van der Waals surface area contributed by atoms with Gasteiger partial charge in [-0.2, -0.15) is 0 Å². The van der Waals surface area contributed by atoms with Gasteiger partial charge in [0.2, 0.25) is 0 Å². The van der Waals surface area contributed by atoms with Gasteiger partial charge in [0.1, 0.15) is 0 Å². The third-order valence-corrected chi connectivity index (χ3v) is 6.17. The van der Waals surface area contributed by atoms with Crippen LogP contribution in [0.25, 0.3) is 0 Å². The fourth-order valence-corrected chi connectivity index (χ4v) is 4.76. The Morgan fingerprint density at radius 2 is 0.844 bits per heavy atom. The van der Waals surface area contributed by atoms with E-state index >= 15 is 0 Å². The Morgan fingerprint density at radius 1 is 0.531 bits per heavy atom. The van der Waals surface area contributed by atoms with E-state index in [-0.39, 0.29) is 38.3 Å². The van der Waals surface area contributed by atoms with Crippen molar-refractivity contribution in [3.63, 3.8) is 0 Å². The van der Waals surface area contributed by atoms with E-state index < -0.39 is 23.9 Å². The van der Waals surface area contributed by atoms with Crippen molar-refractivity contribution < 1.29 is 39.6 Å². The summed E-state index contributed by atoms with van der Waals surface area (Å²) in [6, 6.07) is -0.337. The first-order chi connectivity index (χ1) is 15.2. The van der Waals surface area contributed by atoms with E-state index in [1.54, 1.807) is 9.80 Å². The van der Waals surface area contributed by atoms with Crippen molar-refractivity contribution in [2.75, 3.05) is 65.4 Å². The monoisotopic (exact) mass is 458 g/mol. The molecule has 12 heteroatoms. The maximum Gasteiger partial charge on any atom is 0.317 e. The zero-order valence-corrected chi connectivity index (χ0v) is 18.3. The Hall–Kier alpha value is -2.28. The molecule has 0 spiro atoms. The van der Waals surface area contributed by atoms with Gasteiger partial charge in [0.15, 0.2) is 0 Å². The number of carbonyl (C=O) groups is 4. The number of rotatable bonds is 8. The Balaban J connectivity index is 2.33. The molecule has 32 heavy (non-hydrogen) atoms. The standard InChI is InChI=1S/C20H34N4O8/c25-17(26)11-21-5-6-22(12-18(27)28)8-10-24(14-20(31)32)16-4-2-1-3-15(16)23(9-7-21)13-19(29)30/h15-16H,1-14H2,(H,25,26)(H,27,28)(H,29,30)(H,31,32)/t15-,16-/m1/s1. The predicted molar refractivity (Wildman–Crippen MR) is 113 cm³/mol. The molecule has 1 aliphatic heterocycles. The number of carboxylic acid groups (broad SMARTS) is 4. The summed E-state index contributed by atoms with van der Waals surface area (Å²) in [6.07, 6.45) is 3.27. The topological polar surface area (TPSA) is 162 Å². The molecule has 0 bridgehead atoms. The van der Waals surface area contributed by atoms with Crippen molar-refractivity contribution in [1.82, 2.24) is 19.6 Å². The first-order valence-electron chi connectivity index (χ1n) is 11.0. The SMILES string of the molecule is O=C(O)CN1CCN(CC(=O)O)CCN(CC(=O)O)[C@@H]2CCCC[C@H]2N(CC(=O)O)CC1. The van der Waals surface area contributed by atoms with E-state index in [1.165, 1.54) is 0 Å².